The molecule has 1 aromatic rings. The second-order valence-electron chi connectivity index (χ2n) is 4.24. The third kappa shape index (κ3) is 2.35. The van der Waals surface area contributed by atoms with Crippen LogP contribution in [0.5, 0.6) is 0 Å². The van der Waals surface area contributed by atoms with E-state index in [0.29, 0.717) is 0 Å². The maximum absolute atomic E-state index is 4.02. The fourth-order valence-electron chi connectivity index (χ4n) is 2.11. The fourth-order valence-corrected chi connectivity index (χ4v) is 2.11. The van der Waals surface area contributed by atoms with E-state index in [2.05, 4.69) is 22.4 Å². The predicted molar refractivity (Wildman–Crippen MR) is 57.0 cm³/mol. The molecule has 0 unspecified atom stereocenters. The zero-order valence-electron chi connectivity index (χ0n) is 8.84. The summed E-state index contributed by atoms with van der Waals surface area (Å²) in [6, 6.07) is 0.734. The molecule has 2 N–H and O–H groups in total. The van der Waals surface area contributed by atoms with Crippen molar-refractivity contribution in [3.05, 3.63) is 17.5 Å². The molecule has 2 rings (SSSR count). The van der Waals surface area contributed by atoms with E-state index in [9.17, 15) is 0 Å². The van der Waals surface area contributed by atoms with Gasteiger partial charge in [0.1, 0.15) is 0 Å². The van der Waals surface area contributed by atoms with Crippen molar-refractivity contribution in [2.75, 3.05) is 0 Å². The molecule has 1 aliphatic carbocycles. The van der Waals surface area contributed by atoms with Crippen molar-refractivity contribution in [3.8, 4) is 0 Å². The van der Waals surface area contributed by atoms with Crippen molar-refractivity contribution >= 4 is 0 Å². The molecule has 0 spiro atoms. The van der Waals surface area contributed by atoms with E-state index in [1.165, 1.54) is 43.4 Å². The third-order valence-electron chi connectivity index (χ3n) is 3.12. The number of H-pyrrole nitrogens is 1. The molecule has 0 saturated heterocycles. The first-order valence-corrected chi connectivity index (χ1v) is 5.58. The van der Waals surface area contributed by atoms with E-state index < -0.39 is 0 Å². The summed E-state index contributed by atoms with van der Waals surface area (Å²) in [5, 5.41) is 10.6. The number of nitrogens with zero attached hydrogens (tertiary/aromatic N) is 1. The summed E-state index contributed by atoms with van der Waals surface area (Å²) in [6.45, 7) is 3.04. The van der Waals surface area contributed by atoms with Gasteiger partial charge >= 0.3 is 0 Å². The van der Waals surface area contributed by atoms with Gasteiger partial charge in [0.05, 0.1) is 6.20 Å². The Balaban J connectivity index is 1.79. The van der Waals surface area contributed by atoms with Crippen molar-refractivity contribution in [1.29, 1.82) is 0 Å². The lowest BCUT2D eigenvalue weighted by molar-refractivity contribution is 0.372. The van der Waals surface area contributed by atoms with E-state index in [-0.39, 0.29) is 0 Å². The van der Waals surface area contributed by atoms with Crippen molar-refractivity contribution in [2.24, 2.45) is 0 Å². The van der Waals surface area contributed by atoms with Crippen molar-refractivity contribution in [3.63, 3.8) is 0 Å². The van der Waals surface area contributed by atoms with Gasteiger partial charge in [-0.3, -0.25) is 5.10 Å². The smallest absolute Gasteiger partial charge is 0.0535 e. The molecule has 0 radical (unpaired) electrons. The number of aromatic amines is 1. The normalized spacial score (nSPS) is 18.6. The maximum Gasteiger partial charge on any atom is 0.0535 e. The van der Waals surface area contributed by atoms with Crippen LogP contribution in [-0.2, 0) is 6.54 Å². The van der Waals surface area contributed by atoms with Crippen molar-refractivity contribution in [2.45, 2.75) is 51.6 Å². The molecule has 3 heteroatoms. The van der Waals surface area contributed by atoms with Crippen LogP contribution in [0.15, 0.2) is 6.20 Å². The summed E-state index contributed by atoms with van der Waals surface area (Å²) in [7, 11) is 0. The Morgan fingerprint density at radius 2 is 2.21 bits per heavy atom. The number of aryl methyl sites for hydroxylation is 1. The first-order chi connectivity index (χ1) is 6.86. The van der Waals surface area contributed by atoms with Crippen LogP contribution in [0, 0.1) is 6.92 Å². The minimum Gasteiger partial charge on any atom is -0.310 e. The number of rotatable bonds is 3. The highest BCUT2D eigenvalue weighted by molar-refractivity contribution is 5.13. The van der Waals surface area contributed by atoms with Crippen LogP contribution in [0.1, 0.15) is 43.4 Å². The number of hydrogen-bond donors (Lipinski definition) is 2. The minimum atomic E-state index is 0.734. The number of aromatic nitrogens is 2. The zero-order chi connectivity index (χ0) is 9.80. The molecule has 78 valence electrons. The first kappa shape index (κ1) is 9.71. The molecule has 1 aromatic heterocycles. The van der Waals surface area contributed by atoms with Crippen molar-refractivity contribution in [1.82, 2.24) is 15.5 Å². The summed E-state index contributed by atoms with van der Waals surface area (Å²) in [5.41, 5.74) is 2.49. The summed E-state index contributed by atoms with van der Waals surface area (Å²) in [5.74, 6) is 0. The molecule has 14 heavy (non-hydrogen) atoms. The van der Waals surface area contributed by atoms with Gasteiger partial charge in [-0.25, -0.2) is 0 Å². The van der Waals surface area contributed by atoms with Crippen LogP contribution >= 0.6 is 0 Å². The minimum absolute atomic E-state index is 0.734. The van der Waals surface area contributed by atoms with Gasteiger partial charge in [0.15, 0.2) is 0 Å². The Bertz CT molecular complexity index is 274. The van der Waals surface area contributed by atoms with E-state index in [1.54, 1.807) is 0 Å². The molecule has 0 amide bonds. The molecule has 0 atom stereocenters. The Morgan fingerprint density at radius 1 is 1.43 bits per heavy atom. The number of nitrogens with one attached hydrogen (secondary N) is 2. The molecule has 1 saturated carbocycles. The third-order valence-corrected chi connectivity index (χ3v) is 3.12. The summed E-state index contributed by atoms with van der Waals surface area (Å²) in [6.07, 6.45) is 8.81. The van der Waals surface area contributed by atoms with Crippen LogP contribution in [0.4, 0.5) is 0 Å². The molecule has 1 heterocycles. The van der Waals surface area contributed by atoms with Crippen LogP contribution in [0.3, 0.4) is 0 Å². The van der Waals surface area contributed by atoms with Crippen LogP contribution < -0.4 is 5.32 Å². The molecule has 1 fully saturated rings. The quantitative estimate of drug-likeness (QED) is 0.772. The van der Waals surface area contributed by atoms with E-state index >= 15 is 0 Å². The van der Waals surface area contributed by atoms with E-state index in [4.69, 9.17) is 0 Å². The average Bonchev–Trinajstić information content (AvgIpc) is 2.63. The standard InChI is InChI=1S/C11H19N3/c1-9-10(8-13-14-9)7-12-11-5-3-2-4-6-11/h8,11-12H,2-7H2,1H3,(H,13,14). The topological polar surface area (TPSA) is 40.7 Å². The number of hydrogen-bond acceptors (Lipinski definition) is 2. The van der Waals surface area contributed by atoms with E-state index in [1.807, 2.05) is 6.20 Å². The molecular weight excluding hydrogens is 174 g/mol. The Kier molecular flexibility index (Phi) is 3.19. The highest BCUT2D eigenvalue weighted by Gasteiger charge is 2.12. The Hall–Kier alpha value is -0.830. The summed E-state index contributed by atoms with van der Waals surface area (Å²) in [4.78, 5) is 0. The van der Waals surface area contributed by atoms with Gasteiger partial charge in [0.2, 0.25) is 0 Å². The Labute approximate surface area is 85.3 Å². The van der Waals surface area contributed by atoms with Gasteiger partial charge in [-0.1, -0.05) is 19.3 Å². The lowest BCUT2D eigenvalue weighted by atomic mass is 9.95. The lowest BCUT2D eigenvalue weighted by Crippen LogP contribution is -2.30. The fraction of sp³-hybridized carbons (Fsp3) is 0.727. The molecule has 0 aromatic carbocycles. The van der Waals surface area contributed by atoms with Crippen molar-refractivity contribution < 1.29 is 0 Å². The second-order valence-corrected chi connectivity index (χ2v) is 4.24. The average molecular weight is 193 g/mol. The van der Waals surface area contributed by atoms with Gasteiger partial charge < -0.3 is 5.32 Å². The summed E-state index contributed by atoms with van der Waals surface area (Å²) >= 11 is 0. The largest absolute Gasteiger partial charge is 0.310 e. The molecule has 0 aliphatic heterocycles. The monoisotopic (exact) mass is 193 g/mol. The zero-order valence-corrected chi connectivity index (χ0v) is 8.84. The lowest BCUT2D eigenvalue weighted by Gasteiger charge is -2.22. The Morgan fingerprint density at radius 3 is 2.86 bits per heavy atom. The first-order valence-electron chi connectivity index (χ1n) is 5.58. The molecule has 3 nitrogen and oxygen atoms in total. The second kappa shape index (κ2) is 4.60. The SMILES string of the molecule is Cc1[nH]ncc1CNC1CCCCC1. The van der Waals surface area contributed by atoms with Gasteiger partial charge in [-0.2, -0.15) is 5.10 Å². The molecular formula is C11H19N3. The molecule has 0 bridgehead atoms. The van der Waals surface area contributed by atoms with Gasteiger partial charge in [0, 0.05) is 23.8 Å². The highest BCUT2D eigenvalue weighted by Crippen LogP contribution is 2.17. The van der Waals surface area contributed by atoms with Gasteiger partial charge in [-0.05, 0) is 19.8 Å². The van der Waals surface area contributed by atoms with E-state index in [0.717, 1.165) is 12.6 Å². The maximum atomic E-state index is 4.02. The molecule has 1 aliphatic rings. The van der Waals surface area contributed by atoms with Crippen LogP contribution in [0.2, 0.25) is 0 Å². The summed E-state index contributed by atoms with van der Waals surface area (Å²) < 4.78 is 0. The predicted octanol–water partition coefficient (Wildman–Crippen LogP) is 2.14. The van der Waals surface area contributed by atoms with Crippen LogP contribution in [0.25, 0.3) is 0 Å². The van der Waals surface area contributed by atoms with Crippen LogP contribution in [-0.4, -0.2) is 16.2 Å². The highest BCUT2D eigenvalue weighted by atomic mass is 15.1. The van der Waals surface area contributed by atoms with Gasteiger partial charge in [-0.15, -0.1) is 0 Å². The van der Waals surface area contributed by atoms with Gasteiger partial charge in [0.25, 0.3) is 0 Å².